The van der Waals surface area contributed by atoms with E-state index >= 15 is 0 Å². The molecule has 2 aromatic rings. The highest BCUT2D eigenvalue weighted by atomic mass is 16.5. The van der Waals surface area contributed by atoms with E-state index < -0.39 is 0 Å². The normalized spacial score (nSPS) is 11.7. The van der Waals surface area contributed by atoms with E-state index in [2.05, 4.69) is 6.58 Å². The van der Waals surface area contributed by atoms with E-state index in [0.29, 0.717) is 60.7 Å². The quantitative estimate of drug-likeness (QED) is 0.190. The molecule has 1 atom stereocenters. The molecule has 0 spiro atoms. The molecule has 0 aromatic heterocycles. The van der Waals surface area contributed by atoms with Gasteiger partial charge in [0, 0.05) is 17.2 Å². The van der Waals surface area contributed by atoms with Crippen LogP contribution in [0.4, 0.5) is 0 Å². The Labute approximate surface area is 195 Å². The molecule has 0 aliphatic rings. The molecule has 33 heavy (non-hydrogen) atoms. The van der Waals surface area contributed by atoms with Gasteiger partial charge in [-0.3, -0.25) is 9.59 Å². The largest absolute Gasteiger partial charge is 0.508 e. The number of benzene rings is 2. The maximum atomic E-state index is 12.6. The van der Waals surface area contributed by atoms with Crippen molar-refractivity contribution < 1.29 is 28.9 Å². The second-order valence-electron chi connectivity index (χ2n) is 7.43. The molecule has 0 saturated heterocycles. The lowest BCUT2D eigenvalue weighted by atomic mass is 10.0. The summed E-state index contributed by atoms with van der Waals surface area (Å²) in [6, 6.07) is 10.2. The average molecular weight is 453 g/mol. The van der Waals surface area contributed by atoms with E-state index in [1.54, 1.807) is 49.4 Å². The lowest BCUT2D eigenvalue weighted by Crippen LogP contribution is -2.19. The standard InChI is InChI=1S/C27H32O6/c1-5-8-21-17-22(26(31-4)18-25(21)29)11-14-24(28)20-9-12-23(13-10-20)33-16-15-19(6-2)27(30)32-7-3/h5,9-14,17-19,29H,1,6-8,15-16H2,2-4H3. The van der Waals surface area contributed by atoms with Crippen LogP contribution < -0.4 is 9.47 Å². The molecule has 0 aliphatic heterocycles. The third-order valence-electron chi connectivity index (χ3n) is 5.20. The first-order valence-corrected chi connectivity index (χ1v) is 11.1. The summed E-state index contributed by atoms with van der Waals surface area (Å²) in [5, 5.41) is 10.1. The van der Waals surface area contributed by atoms with Gasteiger partial charge in [0.2, 0.25) is 0 Å². The minimum absolute atomic E-state index is 0.123. The van der Waals surface area contributed by atoms with Crippen molar-refractivity contribution in [3.63, 3.8) is 0 Å². The number of phenolic OH excluding ortho intramolecular Hbond substituents is 1. The predicted octanol–water partition coefficient (Wildman–Crippen LogP) is 5.38. The third-order valence-corrected chi connectivity index (χ3v) is 5.20. The van der Waals surface area contributed by atoms with Crippen LogP contribution in [0.1, 0.15) is 48.2 Å². The zero-order valence-corrected chi connectivity index (χ0v) is 19.5. The van der Waals surface area contributed by atoms with Gasteiger partial charge in [-0.05, 0) is 74.2 Å². The smallest absolute Gasteiger partial charge is 0.309 e. The van der Waals surface area contributed by atoms with Crippen LogP contribution in [0.2, 0.25) is 0 Å². The topological polar surface area (TPSA) is 82.1 Å². The molecule has 0 fully saturated rings. The first kappa shape index (κ1) is 25.7. The fourth-order valence-corrected chi connectivity index (χ4v) is 3.30. The van der Waals surface area contributed by atoms with Crippen LogP contribution in [-0.4, -0.2) is 37.2 Å². The van der Waals surface area contributed by atoms with Crippen molar-refractivity contribution in [1.82, 2.24) is 0 Å². The van der Waals surface area contributed by atoms with E-state index in [0.717, 1.165) is 0 Å². The number of hydrogen-bond acceptors (Lipinski definition) is 6. The Morgan fingerprint density at radius 2 is 1.88 bits per heavy atom. The van der Waals surface area contributed by atoms with Crippen LogP contribution in [0.15, 0.2) is 55.1 Å². The van der Waals surface area contributed by atoms with Gasteiger partial charge in [0.05, 0.1) is 26.2 Å². The Bertz CT molecular complexity index is 975. The van der Waals surface area contributed by atoms with Crippen LogP contribution >= 0.6 is 0 Å². The molecule has 2 aromatic carbocycles. The maximum Gasteiger partial charge on any atom is 0.309 e. The fourth-order valence-electron chi connectivity index (χ4n) is 3.30. The highest BCUT2D eigenvalue weighted by molar-refractivity contribution is 6.07. The highest BCUT2D eigenvalue weighted by Crippen LogP contribution is 2.30. The third kappa shape index (κ3) is 7.52. The number of phenols is 1. The van der Waals surface area contributed by atoms with Crippen LogP contribution in [0, 0.1) is 5.92 Å². The molecule has 0 saturated carbocycles. The van der Waals surface area contributed by atoms with Crippen molar-refractivity contribution in [2.75, 3.05) is 20.3 Å². The molecule has 0 amide bonds. The Balaban J connectivity index is 2.00. The summed E-state index contributed by atoms with van der Waals surface area (Å²) in [4.78, 5) is 24.5. The van der Waals surface area contributed by atoms with E-state index in [1.807, 2.05) is 6.92 Å². The molecule has 0 bridgehead atoms. The summed E-state index contributed by atoms with van der Waals surface area (Å²) in [7, 11) is 1.51. The Kier molecular flexibility index (Phi) is 10.2. The number of aromatic hydroxyl groups is 1. The monoisotopic (exact) mass is 452 g/mol. The number of methoxy groups -OCH3 is 1. The number of carbonyl (C=O) groups is 2. The second kappa shape index (κ2) is 13.1. The van der Waals surface area contributed by atoms with Gasteiger partial charge in [-0.2, -0.15) is 0 Å². The average Bonchev–Trinajstić information content (AvgIpc) is 2.82. The van der Waals surface area contributed by atoms with Crippen molar-refractivity contribution in [2.24, 2.45) is 5.92 Å². The van der Waals surface area contributed by atoms with Crippen LogP contribution in [0.5, 0.6) is 17.2 Å². The first-order chi connectivity index (χ1) is 15.9. The SMILES string of the molecule is C=CCc1cc(C=CC(=O)c2ccc(OCCC(CC)C(=O)OCC)cc2)c(OC)cc1O. The second-order valence-corrected chi connectivity index (χ2v) is 7.43. The van der Waals surface area contributed by atoms with Crippen LogP contribution in [0.3, 0.4) is 0 Å². The zero-order valence-electron chi connectivity index (χ0n) is 19.5. The van der Waals surface area contributed by atoms with Gasteiger partial charge in [-0.25, -0.2) is 0 Å². The van der Waals surface area contributed by atoms with Crippen LogP contribution in [-0.2, 0) is 16.0 Å². The molecule has 176 valence electrons. The lowest BCUT2D eigenvalue weighted by Gasteiger charge is -2.14. The zero-order chi connectivity index (χ0) is 24.2. The van der Waals surface area contributed by atoms with Crippen LogP contribution in [0.25, 0.3) is 6.08 Å². The van der Waals surface area contributed by atoms with Gasteiger partial charge in [0.25, 0.3) is 0 Å². The molecule has 0 radical (unpaired) electrons. The van der Waals surface area contributed by atoms with Gasteiger partial charge in [0.15, 0.2) is 5.78 Å². The van der Waals surface area contributed by atoms with E-state index in [9.17, 15) is 14.7 Å². The summed E-state index contributed by atoms with van der Waals surface area (Å²) in [5.74, 6) is 0.677. The molecule has 2 rings (SSSR count). The molecule has 0 heterocycles. The summed E-state index contributed by atoms with van der Waals surface area (Å²) in [6.45, 7) is 8.19. The first-order valence-electron chi connectivity index (χ1n) is 11.1. The summed E-state index contributed by atoms with van der Waals surface area (Å²) in [6.07, 6.45) is 6.60. The number of ether oxygens (including phenoxy) is 3. The number of carbonyl (C=O) groups excluding carboxylic acids is 2. The van der Waals surface area contributed by atoms with Crippen molar-refractivity contribution in [3.8, 4) is 17.2 Å². The van der Waals surface area contributed by atoms with Gasteiger partial charge in [-0.15, -0.1) is 6.58 Å². The number of hydrogen-bond donors (Lipinski definition) is 1. The number of rotatable bonds is 13. The minimum Gasteiger partial charge on any atom is -0.508 e. The number of allylic oxidation sites excluding steroid dienone is 2. The minimum atomic E-state index is -0.196. The Hall–Kier alpha value is -3.54. The maximum absolute atomic E-state index is 12.6. The van der Waals surface area contributed by atoms with Gasteiger partial charge < -0.3 is 19.3 Å². The van der Waals surface area contributed by atoms with Crippen molar-refractivity contribution >= 4 is 17.8 Å². The van der Waals surface area contributed by atoms with E-state index in [4.69, 9.17) is 14.2 Å². The fraction of sp³-hybridized carbons (Fsp3) is 0.333. The molecule has 1 N–H and O–H groups in total. The molecule has 1 unspecified atom stereocenters. The van der Waals surface area contributed by atoms with E-state index in [-0.39, 0.29) is 23.4 Å². The highest BCUT2D eigenvalue weighted by Gasteiger charge is 2.17. The van der Waals surface area contributed by atoms with Crippen molar-refractivity contribution in [2.45, 2.75) is 33.1 Å². The number of esters is 1. The van der Waals surface area contributed by atoms with Crippen molar-refractivity contribution in [1.29, 1.82) is 0 Å². The molecule has 6 nitrogen and oxygen atoms in total. The lowest BCUT2D eigenvalue weighted by molar-refractivity contribution is -0.148. The Morgan fingerprint density at radius 1 is 1.15 bits per heavy atom. The summed E-state index contributed by atoms with van der Waals surface area (Å²) < 4.78 is 16.1. The Morgan fingerprint density at radius 3 is 2.48 bits per heavy atom. The van der Waals surface area contributed by atoms with Gasteiger partial charge in [0.1, 0.15) is 17.2 Å². The molecule has 0 aliphatic carbocycles. The van der Waals surface area contributed by atoms with Gasteiger partial charge >= 0.3 is 5.97 Å². The van der Waals surface area contributed by atoms with E-state index in [1.165, 1.54) is 19.3 Å². The molecular weight excluding hydrogens is 420 g/mol. The predicted molar refractivity (Wildman–Crippen MR) is 129 cm³/mol. The summed E-state index contributed by atoms with van der Waals surface area (Å²) in [5.41, 5.74) is 1.90. The van der Waals surface area contributed by atoms with Crippen molar-refractivity contribution in [3.05, 3.63) is 71.8 Å². The van der Waals surface area contributed by atoms with Gasteiger partial charge in [-0.1, -0.05) is 13.0 Å². The summed E-state index contributed by atoms with van der Waals surface area (Å²) >= 11 is 0. The molecular formula is C27H32O6. The number of ketones is 1. The molecule has 6 heteroatoms.